The molecule has 96 valence electrons. The maximum absolute atomic E-state index is 12.1. The van der Waals surface area contributed by atoms with Crippen LogP contribution in [0.1, 0.15) is 18.6 Å². The van der Waals surface area contributed by atoms with Gasteiger partial charge in [0, 0.05) is 5.69 Å². The van der Waals surface area contributed by atoms with Crippen molar-refractivity contribution in [3.8, 4) is 0 Å². The van der Waals surface area contributed by atoms with Crippen LogP contribution in [0.2, 0.25) is 0 Å². The molecule has 0 aromatic heterocycles. The molecule has 0 aliphatic rings. The van der Waals surface area contributed by atoms with Crippen molar-refractivity contribution in [3.05, 3.63) is 29.8 Å². The summed E-state index contributed by atoms with van der Waals surface area (Å²) in [5, 5.41) is 9.59. The van der Waals surface area contributed by atoms with Gasteiger partial charge >= 0.3 is 6.18 Å². The Hall–Kier alpha value is -1.27. The van der Waals surface area contributed by atoms with E-state index in [1.165, 1.54) is 0 Å². The lowest BCUT2D eigenvalue weighted by Crippen LogP contribution is -2.30. The predicted octanol–water partition coefficient (Wildman–Crippen LogP) is 2.27. The predicted molar refractivity (Wildman–Crippen MR) is 57.3 cm³/mol. The number of hydrogen-bond donors (Lipinski definition) is 2. The Labute approximate surface area is 97.0 Å². The third kappa shape index (κ3) is 4.24. The number of aliphatic hydroxyl groups excluding tert-OH is 1. The quantitative estimate of drug-likeness (QED) is 0.805. The SMILES string of the molecule is CC(OCC(O)c1ccc(N)cc1)C(F)(F)F. The number of hydrogen-bond acceptors (Lipinski definition) is 3. The monoisotopic (exact) mass is 249 g/mol. The smallest absolute Gasteiger partial charge is 0.399 e. The normalized spacial score (nSPS) is 15.6. The van der Waals surface area contributed by atoms with Gasteiger partial charge in [0.1, 0.15) is 6.10 Å². The summed E-state index contributed by atoms with van der Waals surface area (Å²) in [7, 11) is 0. The van der Waals surface area contributed by atoms with Crippen molar-refractivity contribution in [1.82, 2.24) is 0 Å². The van der Waals surface area contributed by atoms with Gasteiger partial charge in [0.2, 0.25) is 0 Å². The van der Waals surface area contributed by atoms with Crippen molar-refractivity contribution >= 4 is 5.69 Å². The van der Waals surface area contributed by atoms with Gasteiger partial charge in [-0.1, -0.05) is 12.1 Å². The van der Waals surface area contributed by atoms with E-state index in [2.05, 4.69) is 4.74 Å². The molecule has 0 aliphatic carbocycles. The van der Waals surface area contributed by atoms with Crippen LogP contribution in [0.5, 0.6) is 0 Å². The van der Waals surface area contributed by atoms with E-state index in [9.17, 15) is 18.3 Å². The first kappa shape index (κ1) is 13.8. The Kier molecular flexibility index (Phi) is 4.36. The molecule has 0 radical (unpaired) electrons. The van der Waals surface area contributed by atoms with Crippen molar-refractivity contribution in [1.29, 1.82) is 0 Å². The van der Waals surface area contributed by atoms with Gasteiger partial charge in [-0.05, 0) is 24.6 Å². The summed E-state index contributed by atoms with van der Waals surface area (Å²) >= 11 is 0. The lowest BCUT2D eigenvalue weighted by Gasteiger charge is -2.19. The van der Waals surface area contributed by atoms with E-state index < -0.39 is 25.0 Å². The molecule has 0 bridgehead atoms. The second kappa shape index (κ2) is 5.37. The van der Waals surface area contributed by atoms with Crippen LogP contribution < -0.4 is 5.73 Å². The number of aliphatic hydroxyl groups is 1. The summed E-state index contributed by atoms with van der Waals surface area (Å²) in [4.78, 5) is 0. The largest absolute Gasteiger partial charge is 0.414 e. The average molecular weight is 249 g/mol. The summed E-state index contributed by atoms with van der Waals surface area (Å²) in [5.74, 6) is 0. The fourth-order valence-electron chi connectivity index (χ4n) is 1.14. The summed E-state index contributed by atoms with van der Waals surface area (Å²) in [5.41, 5.74) is 6.43. The fourth-order valence-corrected chi connectivity index (χ4v) is 1.14. The van der Waals surface area contributed by atoms with Gasteiger partial charge in [-0.15, -0.1) is 0 Å². The van der Waals surface area contributed by atoms with Crippen LogP contribution in [0, 0.1) is 0 Å². The maximum atomic E-state index is 12.1. The maximum Gasteiger partial charge on any atom is 0.414 e. The highest BCUT2D eigenvalue weighted by Crippen LogP contribution is 2.24. The van der Waals surface area contributed by atoms with Crippen molar-refractivity contribution in [2.45, 2.75) is 25.3 Å². The minimum absolute atomic E-state index is 0.412. The third-order valence-corrected chi connectivity index (χ3v) is 2.29. The number of halogens is 3. The molecule has 0 fully saturated rings. The summed E-state index contributed by atoms with van der Waals surface area (Å²) in [6, 6.07) is 6.21. The van der Waals surface area contributed by atoms with Gasteiger partial charge < -0.3 is 15.6 Å². The van der Waals surface area contributed by atoms with Gasteiger partial charge in [-0.25, -0.2) is 0 Å². The number of anilines is 1. The van der Waals surface area contributed by atoms with Crippen molar-refractivity contribution in [3.63, 3.8) is 0 Å². The zero-order valence-electron chi connectivity index (χ0n) is 9.24. The number of benzene rings is 1. The number of alkyl halides is 3. The highest BCUT2D eigenvalue weighted by molar-refractivity contribution is 5.39. The molecule has 1 rings (SSSR count). The molecular formula is C11H14F3NO2. The van der Waals surface area contributed by atoms with Crippen LogP contribution in [-0.2, 0) is 4.74 Å². The molecule has 0 amide bonds. The lowest BCUT2D eigenvalue weighted by atomic mass is 10.1. The van der Waals surface area contributed by atoms with Gasteiger partial charge in [0.05, 0.1) is 6.61 Å². The average Bonchev–Trinajstić information content (AvgIpc) is 2.25. The summed E-state index contributed by atoms with van der Waals surface area (Å²) in [6.07, 6.45) is -7.41. The molecule has 2 unspecified atom stereocenters. The molecule has 3 N–H and O–H groups in total. The highest BCUT2D eigenvalue weighted by Gasteiger charge is 2.37. The summed E-state index contributed by atoms with van der Waals surface area (Å²) in [6.45, 7) is 0.486. The number of ether oxygens (including phenoxy) is 1. The van der Waals surface area contributed by atoms with E-state index in [0.29, 0.717) is 11.3 Å². The molecule has 0 spiro atoms. The van der Waals surface area contributed by atoms with Gasteiger partial charge in [0.25, 0.3) is 0 Å². The van der Waals surface area contributed by atoms with Crippen LogP contribution in [-0.4, -0.2) is 24.0 Å². The number of nitrogen functional groups attached to an aromatic ring is 1. The molecule has 6 heteroatoms. The molecule has 3 nitrogen and oxygen atoms in total. The molecule has 0 heterocycles. The molecule has 0 aliphatic heterocycles. The zero-order chi connectivity index (χ0) is 13.1. The highest BCUT2D eigenvalue weighted by atomic mass is 19.4. The third-order valence-electron chi connectivity index (χ3n) is 2.29. The van der Waals surface area contributed by atoms with Crippen molar-refractivity contribution in [2.24, 2.45) is 0 Å². The second-order valence-electron chi connectivity index (χ2n) is 3.70. The molecule has 1 aromatic rings. The molecule has 0 saturated carbocycles. The van der Waals surface area contributed by atoms with Crippen LogP contribution in [0.4, 0.5) is 18.9 Å². The second-order valence-corrected chi connectivity index (χ2v) is 3.70. The molecule has 1 aromatic carbocycles. The van der Waals surface area contributed by atoms with Crippen LogP contribution in [0.15, 0.2) is 24.3 Å². The molecule has 0 saturated heterocycles. The van der Waals surface area contributed by atoms with Crippen LogP contribution in [0.3, 0.4) is 0 Å². The van der Waals surface area contributed by atoms with E-state index in [1.54, 1.807) is 24.3 Å². The Bertz CT molecular complexity index is 351. The van der Waals surface area contributed by atoms with Gasteiger partial charge in [-0.3, -0.25) is 0 Å². The first-order valence-electron chi connectivity index (χ1n) is 5.02. The Morgan fingerprint density at radius 3 is 2.29 bits per heavy atom. The zero-order valence-corrected chi connectivity index (χ0v) is 9.24. The molecular weight excluding hydrogens is 235 g/mol. The minimum atomic E-state index is -4.42. The number of rotatable bonds is 4. The van der Waals surface area contributed by atoms with Crippen molar-refractivity contribution in [2.75, 3.05) is 12.3 Å². The Morgan fingerprint density at radius 1 is 1.29 bits per heavy atom. The fraction of sp³-hybridized carbons (Fsp3) is 0.455. The van der Waals surface area contributed by atoms with E-state index >= 15 is 0 Å². The molecule has 17 heavy (non-hydrogen) atoms. The first-order valence-corrected chi connectivity index (χ1v) is 5.02. The topological polar surface area (TPSA) is 55.5 Å². The van der Waals surface area contributed by atoms with Gasteiger partial charge in [-0.2, -0.15) is 13.2 Å². The van der Waals surface area contributed by atoms with E-state index in [4.69, 9.17) is 5.73 Å². The summed E-state index contributed by atoms with van der Waals surface area (Å²) < 4.78 is 40.9. The Morgan fingerprint density at radius 2 is 1.82 bits per heavy atom. The van der Waals surface area contributed by atoms with E-state index in [0.717, 1.165) is 6.92 Å². The Balaban J connectivity index is 2.50. The van der Waals surface area contributed by atoms with E-state index in [-0.39, 0.29) is 0 Å². The van der Waals surface area contributed by atoms with E-state index in [1.807, 2.05) is 0 Å². The van der Waals surface area contributed by atoms with Crippen LogP contribution >= 0.6 is 0 Å². The van der Waals surface area contributed by atoms with Crippen LogP contribution in [0.25, 0.3) is 0 Å². The minimum Gasteiger partial charge on any atom is -0.399 e. The van der Waals surface area contributed by atoms with Gasteiger partial charge in [0.15, 0.2) is 6.10 Å². The molecule has 2 atom stereocenters. The lowest BCUT2D eigenvalue weighted by molar-refractivity contribution is -0.219. The number of nitrogens with two attached hydrogens (primary N) is 1. The first-order chi connectivity index (χ1) is 7.80. The van der Waals surface area contributed by atoms with Crippen molar-refractivity contribution < 1.29 is 23.0 Å². The standard InChI is InChI=1S/C11H14F3NO2/c1-7(11(12,13)14)17-6-10(16)8-2-4-9(15)5-3-8/h2-5,7,10,16H,6,15H2,1H3.